The molecular formula is C11H12N2O5. The van der Waals surface area contributed by atoms with Crippen LogP contribution in [0.3, 0.4) is 0 Å². The van der Waals surface area contributed by atoms with Crippen LogP contribution in [0.5, 0.6) is 0 Å². The van der Waals surface area contributed by atoms with Crippen LogP contribution in [0.15, 0.2) is 18.5 Å². The predicted molar refractivity (Wildman–Crippen MR) is 60.1 cm³/mol. The maximum absolute atomic E-state index is 11.7. The lowest BCUT2D eigenvalue weighted by Crippen LogP contribution is -2.42. The minimum Gasteiger partial charge on any atom is -0.481 e. The van der Waals surface area contributed by atoms with Gasteiger partial charge in [0.25, 0.3) is 5.91 Å². The number of rotatable bonds is 5. The van der Waals surface area contributed by atoms with Gasteiger partial charge in [0.1, 0.15) is 6.04 Å². The molecule has 0 aliphatic heterocycles. The Bertz CT molecular complexity index is 486. The molecule has 0 spiro atoms. The van der Waals surface area contributed by atoms with Gasteiger partial charge in [-0.05, 0) is 18.6 Å². The van der Waals surface area contributed by atoms with Crippen molar-refractivity contribution >= 4 is 17.8 Å². The summed E-state index contributed by atoms with van der Waals surface area (Å²) < 4.78 is 0. The molecule has 18 heavy (non-hydrogen) atoms. The molecule has 1 unspecified atom stereocenters. The third-order valence-corrected chi connectivity index (χ3v) is 2.12. The van der Waals surface area contributed by atoms with E-state index in [1.54, 1.807) is 13.1 Å². The molecule has 1 aromatic heterocycles. The summed E-state index contributed by atoms with van der Waals surface area (Å²) in [6.07, 6.45) is 2.14. The smallest absolute Gasteiger partial charge is 0.326 e. The zero-order chi connectivity index (χ0) is 13.7. The molecule has 0 saturated carbocycles. The number of nitrogens with one attached hydrogen (secondary N) is 1. The molecule has 96 valence electrons. The SMILES string of the molecule is Cc1cncc(C(=O)NC(CC(=O)O)C(=O)O)c1. The molecule has 7 heteroatoms. The van der Waals surface area contributed by atoms with E-state index in [9.17, 15) is 14.4 Å². The van der Waals surface area contributed by atoms with E-state index in [2.05, 4.69) is 10.3 Å². The Morgan fingerprint density at radius 2 is 2.00 bits per heavy atom. The standard InChI is InChI=1S/C11H12N2O5/c1-6-2-7(5-12-4-6)10(16)13-8(11(17)18)3-9(14)15/h2,4-5,8H,3H2,1H3,(H,13,16)(H,14,15)(H,17,18). The fraction of sp³-hybridized carbons (Fsp3) is 0.273. The zero-order valence-corrected chi connectivity index (χ0v) is 9.58. The second-order valence-corrected chi connectivity index (χ2v) is 3.71. The summed E-state index contributed by atoms with van der Waals surface area (Å²) >= 11 is 0. The molecule has 3 N–H and O–H groups in total. The number of nitrogens with zero attached hydrogens (tertiary/aromatic N) is 1. The minimum absolute atomic E-state index is 0.187. The zero-order valence-electron chi connectivity index (χ0n) is 9.58. The van der Waals surface area contributed by atoms with E-state index in [-0.39, 0.29) is 5.56 Å². The van der Waals surface area contributed by atoms with E-state index < -0.39 is 30.3 Å². The number of aryl methyl sites for hydroxylation is 1. The first kappa shape index (κ1) is 13.6. The van der Waals surface area contributed by atoms with Gasteiger partial charge in [-0.1, -0.05) is 0 Å². The van der Waals surface area contributed by atoms with Gasteiger partial charge < -0.3 is 15.5 Å². The first-order chi connectivity index (χ1) is 8.40. The summed E-state index contributed by atoms with van der Waals surface area (Å²) in [6, 6.07) is 0.0673. The summed E-state index contributed by atoms with van der Waals surface area (Å²) in [6.45, 7) is 1.73. The van der Waals surface area contributed by atoms with E-state index in [0.29, 0.717) is 0 Å². The van der Waals surface area contributed by atoms with Crippen LogP contribution >= 0.6 is 0 Å². The van der Waals surface area contributed by atoms with Crippen molar-refractivity contribution in [1.82, 2.24) is 10.3 Å². The van der Waals surface area contributed by atoms with Crippen LogP contribution in [-0.4, -0.2) is 39.1 Å². The average Bonchev–Trinajstić information content (AvgIpc) is 2.27. The number of carboxylic acid groups (broad SMARTS) is 2. The van der Waals surface area contributed by atoms with Crippen LogP contribution in [0.2, 0.25) is 0 Å². The highest BCUT2D eigenvalue weighted by atomic mass is 16.4. The first-order valence-electron chi connectivity index (χ1n) is 5.07. The first-order valence-corrected chi connectivity index (χ1v) is 5.07. The predicted octanol–water partition coefficient (Wildman–Crippen LogP) is 0.0477. The van der Waals surface area contributed by atoms with Crippen molar-refractivity contribution in [2.24, 2.45) is 0 Å². The molecule has 7 nitrogen and oxygen atoms in total. The van der Waals surface area contributed by atoms with Crippen LogP contribution in [-0.2, 0) is 9.59 Å². The average molecular weight is 252 g/mol. The monoisotopic (exact) mass is 252 g/mol. The molecule has 0 saturated heterocycles. The number of hydrogen-bond donors (Lipinski definition) is 3. The fourth-order valence-electron chi connectivity index (χ4n) is 1.30. The van der Waals surface area contributed by atoms with Gasteiger partial charge in [0.15, 0.2) is 0 Å². The van der Waals surface area contributed by atoms with Gasteiger partial charge in [-0.15, -0.1) is 0 Å². The number of amides is 1. The van der Waals surface area contributed by atoms with Crippen LogP contribution < -0.4 is 5.32 Å². The van der Waals surface area contributed by atoms with Crippen LogP contribution in [0, 0.1) is 6.92 Å². The minimum atomic E-state index is -1.46. The number of hydrogen-bond acceptors (Lipinski definition) is 4. The maximum Gasteiger partial charge on any atom is 0.326 e. The molecule has 1 aromatic rings. The Hall–Kier alpha value is -2.44. The lowest BCUT2D eigenvalue weighted by molar-refractivity contribution is -0.145. The Balaban J connectivity index is 2.78. The Kier molecular flexibility index (Phi) is 4.36. The highest BCUT2D eigenvalue weighted by molar-refractivity contribution is 5.97. The van der Waals surface area contributed by atoms with E-state index in [1.165, 1.54) is 12.3 Å². The third kappa shape index (κ3) is 3.85. The van der Waals surface area contributed by atoms with Gasteiger partial charge >= 0.3 is 11.9 Å². The van der Waals surface area contributed by atoms with Crippen molar-refractivity contribution in [3.63, 3.8) is 0 Å². The molecule has 0 fully saturated rings. The molecule has 0 aliphatic carbocycles. The largest absolute Gasteiger partial charge is 0.481 e. The van der Waals surface area contributed by atoms with Gasteiger partial charge in [-0.3, -0.25) is 14.6 Å². The van der Waals surface area contributed by atoms with Crippen LogP contribution in [0.25, 0.3) is 0 Å². The van der Waals surface area contributed by atoms with Gasteiger partial charge in [-0.2, -0.15) is 0 Å². The lowest BCUT2D eigenvalue weighted by atomic mass is 10.1. The number of pyridine rings is 1. The number of aromatic nitrogens is 1. The Morgan fingerprint density at radius 3 is 2.50 bits per heavy atom. The van der Waals surface area contributed by atoms with Crippen molar-refractivity contribution in [2.75, 3.05) is 0 Å². The van der Waals surface area contributed by atoms with Crippen molar-refractivity contribution < 1.29 is 24.6 Å². The molecule has 1 amide bonds. The van der Waals surface area contributed by atoms with Crippen LogP contribution in [0.1, 0.15) is 22.3 Å². The summed E-state index contributed by atoms with van der Waals surface area (Å²) in [5.41, 5.74) is 0.930. The van der Waals surface area contributed by atoms with Gasteiger partial charge in [-0.25, -0.2) is 4.79 Å². The number of carbonyl (C=O) groups excluding carboxylic acids is 1. The molecule has 1 heterocycles. The van der Waals surface area contributed by atoms with Gasteiger partial charge in [0.2, 0.25) is 0 Å². The second-order valence-electron chi connectivity index (χ2n) is 3.71. The van der Waals surface area contributed by atoms with Crippen LogP contribution in [0.4, 0.5) is 0 Å². The van der Waals surface area contributed by atoms with Gasteiger partial charge in [0, 0.05) is 12.4 Å². The number of carboxylic acids is 2. The fourth-order valence-corrected chi connectivity index (χ4v) is 1.30. The Morgan fingerprint density at radius 1 is 1.33 bits per heavy atom. The highest BCUT2D eigenvalue weighted by Crippen LogP contribution is 2.02. The van der Waals surface area contributed by atoms with Crippen molar-refractivity contribution in [2.45, 2.75) is 19.4 Å². The van der Waals surface area contributed by atoms with Crippen molar-refractivity contribution in [3.8, 4) is 0 Å². The van der Waals surface area contributed by atoms with Crippen molar-refractivity contribution in [1.29, 1.82) is 0 Å². The lowest BCUT2D eigenvalue weighted by Gasteiger charge is -2.12. The molecule has 0 aromatic carbocycles. The normalized spacial score (nSPS) is 11.6. The molecule has 0 aliphatic rings. The van der Waals surface area contributed by atoms with E-state index in [0.717, 1.165) is 5.56 Å². The van der Waals surface area contributed by atoms with Crippen molar-refractivity contribution in [3.05, 3.63) is 29.6 Å². The molecule has 1 rings (SSSR count). The summed E-state index contributed by atoms with van der Waals surface area (Å²) in [5, 5.41) is 19.4. The summed E-state index contributed by atoms with van der Waals surface area (Å²) in [5.74, 6) is -3.36. The van der Waals surface area contributed by atoms with E-state index in [1.807, 2.05) is 0 Å². The molecule has 1 atom stereocenters. The second kappa shape index (κ2) is 5.76. The number of carbonyl (C=O) groups is 3. The van der Waals surface area contributed by atoms with E-state index in [4.69, 9.17) is 10.2 Å². The Labute approximate surface area is 102 Å². The number of aliphatic carboxylic acids is 2. The van der Waals surface area contributed by atoms with E-state index >= 15 is 0 Å². The summed E-state index contributed by atoms with van der Waals surface area (Å²) in [7, 11) is 0. The van der Waals surface area contributed by atoms with Gasteiger partial charge in [0.05, 0.1) is 12.0 Å². The summed E-state index contributed by atoms with van der Waals surface area (Å²) in [4.78, 5) is 36.7. The molecule has 0 radical (unpaired) electrons. The molecular weight excluding hydrogens is 240 g/mol. The highest BCUT2D eigenvalue weighted by Gasteiger charge is 2.23. The maximum atomic E-state index is 11.7. The topological polar surface area (TPSA) is 117 Å². The quantitative estimate of drug-likeness (QED) is 0.681. The molecule has 0 bridgehead atoms. The third-order valence-electron chi connectivity index (χ3n) is 2.12.